The highest BCUT2D eigenvalue weighted by molar-refractivity contribution is 5.94. The predicted octanol–water partition coefficient (Wildman–Crippen LogP) is 3.27. The van der Waals surface area contributed by atoms with E-state index in [-0.39, 0.29) is 23.5 Å². The average Bonchev–Trinajstić information content (AvgIpc) is 2.91. The van der Waals surface area contributed by atoms with Crippen molar-refractivity contribution in [3.63, 3.8) is 0 Å². The number of aryl methyl sites for hydroxylation is 1. The number of carboxylic acid groups (broad SMARTS) is 1. The molecule has 0 aliphatic rings. The Hall–Kier alpha value is -2.70. The van der Waals surface area contributed by atoms with Gasteiger partial charge in [-0.05, 0) is 38.5 Å². The second-order valence-corrected chi connectivity index (χ2v) is 5.60. The van der Waals surface area contributed by atoms with Gasteiger partial charge in [0.05, 0.1) is 0 Å². The molecule has 0 saturated heterocycles. The molecule has 1 atom stereocenters. The average molecular weight is 337 g/mol. The van der Waals surface area contributed by atoms with E-state index in [0.29, 0.717) is 5.56 Å². The zero-order chi connectivity index (χ0) is 18.0. The number of carbonyl (C=O) groups excluding carboxylic acids is 1. The molecule has 0 unspecified atom stereocenters. The highest BCUT2D eigenvalue weighted by Crippen LogP contribution is 2.20. The molecular weight excluding hydrogens is 320 g/mol. The summed E-state index contributed by atoms with van der Waals surface area (Å²) in [5, 5.41) is 8.96. The number of likely N-dealkylation sites (N-methyl/N-ethyl adjacent to an activating group) is 1. The number of halogens is 2. The molecule has 7 heteroatoms. The van der Waals surface area contributed by atoms with E-state index in [1.807, 2.05) is 0 Å². The lowest BCUT2D eigenvalue weighted by atomic mass is 10.0. The normalized spacial score (nSPS) is 12.0. The van der Waals surface area contributed by atoms with Crippen molar-refractivity contribution >= 4 is 11.9 Å². The van der Waals surface area contributed by atoms with Gasteiger partial charge in [-0.3, -0.25) is 4.79 Å². The van der Waals surface area contributed by atoms with Crippen LogP contribution < -0.4 is 0 Å². The smallest absolute Gasteiger partial charge is 0.372 e. The van der Waals surface area contributed by atoms with E-state index in [1.54, 1.807) is 6.92 Å². The van der Waals surface area contributed by atoms with Crippen LogP contribution in [0.4, 0.5) is 8.78 Å². The van der Waals surface area contributed by atoms with Gasteiger partial charge in [0.15, 0.2) is 5.76 Å². The second-order valence-electron chi connectivity index (χ2n) is 5.60. The van der Waals surface area contributed by atoms with Crippen LogP contribution in [0.1, 0.15) is 39.2 Å². The van der Waals surface area contributed by atoms with Gasteiger partial charge in [-0.15, -0.1) is 0 Å². The van der Waals surface area contributed by atoms with Crippen LogP contribution in [-0.4, -0.2) is 35.0 Å². The number of rotatable bonds is 5. The van der Waals surface area contributed by atoms with Crippen molar-refractivity contribution in [3.05, 3.63) is 58.5 Å². The maximum atomic E-state index is 13.7. The van der Waals surface area contributed by atoms with Crippen molar-refractivity contribution in [1.29, 1.82) is 0 Å². The minimum Gasteiger partial charge on any atom is -0.475 e. The summed E-state index contributed by atoms with van der Waals surface area (Å²) in [5.41, 5.74) is 0.221. The summed E-state index contributed by atoms with van der Waals surface area (Å²) in [5.74, 6) is -3.62. The van der Waals surface area contributed by atoms with E-state index >= 15 is 0 Å². The van der Waals surface area contributed by atoms with Crippen molar-refractivity contribution in [1.82, 2.24) is 4.90 Å². The van der Waals surface area contributed by atoms with E-state index in [1.165, 1.54) is 31.0 Å². The number of amides is 1. The van der Waals surface area contributed by atoms with Crippen molar-refractivity contribution in [2.24, 2.45) is 0 Å². The van der Waals surface area contributed by atoms with Crippen molar-refractivity contribution in [3.8, 4) is 0 Å². The lowest BCUT2D eigenvalue weighted by Gasteiger charge is -2.24. The van der Waals surface area contributed by atoms with E-state index in [2.05, 4.69) is 0 Å². The number of furan rings is 1. The van der Waals surface area contributed by atoms with E-state index in [9.17, 15) is 18.4 Å². The first kappa shape index (κ1) is 17.7. The zero-order valence-electron chi connectivity index (χ0n) is 13.5. The Morgan fingerprint density at radius 2 is 1.88 bits per heavy atom. The quantitative estimate of drug-likeness (QED) is 0.909. The third-order valence-corrected chi connectivity index (χ3v) is 3.87. The highest BCUT2D eigenvalue weighted by atomic mass is 19.1. The van der Waals surface area contributed by atoms with Gasteiger partial charge >= 0.3 is 5.97 Å². The number of hydrogen-bond donors (Lipinski definition) is 1. The largest absolute Gasteiger partial charge is 0.475 e. The van der Waals surface area contributed by atoms with E-state index in [4.69, 9.17) is 9.52 Å². The molecule has 1 aromatic carbocycles. The lowest BCUT2D eigenvalue weighted by molar-refractivity contribution is 0.0646. The number of hydrogen-bond acceptors (Lipinski definition) is 3. The molecule has 0 spiro atoms. The zero-order valence-corrected chi connectivity index (χ0v) is 13.5. The number of carbonyl (C=O) groups is 2. The lowest BCUT2D eigenvalue weighted by Crippen LogP contribution is -2.36. The Kier molecular flexibility index (Phi) is 5.02. The Morgan fingerprint density at radius 3 is 2.38 bits per heavy atom. The van der Waals surface area contributed by atoms with Gasteiger partial charge < -0.3 is 14.4 Å². The molecule has 0 saturated carbocycles. The molecule has 1 aromatic heterocycles. The summed E-state index contributed by atoms with van der Waals surface area (Å²) in [6.45, 7) is 3.15. The monoisotopic (exact) mass is 337 g/mol. The fourth-order valence-corrected chi connectivity index (χ4v) is 2.33. The van der Waals surface area contributed by atoms with Crippen LogP contribution in [-0.2, 0) is 6.42 Å². The number of aromatic carboxylic acids is 1. The molecule has 24 heavy (non-hydrogen) atoms. The summed E-state index contributed by atoms with van der Waals surface area (Å²) in [7, 11) is 1.46. The number of benzene rings is 1. The van der Waals surface area contributed by atoms with Crippen LogP contribution in [0.25, 0.3) is 0 Å². The topological polar surface area (TPSA) is 70.8 Å². The maximum Gasteiger partial charge on any atom is 0.372 e. The summed E-state index contributed by atoms with van der Waals surface area (Å²) in [6.07, 6.45) is -0.0216. The molecule has 1 amide bonds. The van der Waals surface area contributed by atoms with Crippen LogP contribution in [0.3, 0.4) is 0 Å². The number of nitrogens with zero attached hydrogens (tertiary/aromatic N) is 1. The van der Waals surface area contributed by atoms with Gasteiger partial charge in [0.1, 0.15) is 11.6 Å². The van der Waals surface area contributed by atoms with E-state index in [0.717, 1.165) is 12.1 Å². The summed E-state index contributed by atoms with van der Waals surface area (Å²) in [4.78, 5) is 24.6. The van der Waals surface area contributed by atoms with Crippen LogP contribution in [0, 0.1) is 18.6 Å². The third-order valence-electron chi connectivity index (χ3n) is 3.87. The van der Waals surface area contributed by atoms with Crippen molar-refractivity contribution in [2.75, 3.05) is 7.05 Å². The molecule has 2 aromatic rings. The molecule has 2 rings (SSSR count). The number of carboxylic acids is 1. The second kappa shape index (κ2) is 6.82. The van der Waals surface area contributed by atoms with Crippen LogP contribution in [0.15, 0.2) is 28.7 Å². The van der Waals surface area contributed by atoms with Gasteiger partial charge in [-0.1, -0.05) is 6.07 Å². The molecule has 128 valence electrons. The first-order valence-electron chi connectivity index (χ1n) is 7.26. The molecular formula is C17H17F2NO4. The fraction of sp³-hybridized carbons (Fsp3) is 0.294. The van der Waals surface area contributed by atoms with E-state index < -0.39 is 29.6 Å². The Bertz CT molecular complexity index is 765. The standard InChI is InChI=1S/C17H17F2NO4/c1-9-7-14(24-15(9)17(22)23)16(21)20(3)10(2)8-11-12(18)5-4-6-13(11)19/h4-7,10H,8H2,1-3H3,(H,22,23)/t10-/m0/s1. The summed E-state index contributed by atoms with van der Waals surface area (Å²) in [6, 6.07) is 4.39. The minimum atomic E-state index is -1.27. The Balaban J connectivity index is 2.18. The van der Waals surface area contributed by atoms with Gasteiger partial charge in [0, 0.05) is 24.2 Å². The van der Waals surface area contributed by atoms with Crippen LogP contribution >= 0.6 is 0 Å². The van der Waals surface area contributed by atoms with Gasteiger partial charge in [-0.25, -0.2) is 13.6 Å². The summed E-state index contributed by atoms with van der Waals surface area (Å²) < 4.78 is 32.5. The maximum absolute atomic E-state index is 13.7. The van der Waals surface area contributed by atoms with Crippen molar-refractivity contribution < 1.29 is 27.9 Å². The van der Waals surface area contributed by atoms with Crippen LogP contribution in [0.2, 0.25) is 0 Å². The SMILES string of the molecule is Cc1cc(C(=O)N(C)[C@@H](C)Cc2c(F)cccc2F)oc1C(=O)O. The highest BCUT2D eigenvalue weighted by Gasteiger charge is 2.25. The summed E-state index contributed by atoms with van der Waals surface area (Å²) >= 11 is 0. The van der Waals surface area contributed by atoms with Gasteiger partial charge in [-0.2, -0.15) is 0 Å². The third kappa shape index (κ3) is 3.45. The Labute approximate surface area is 137 Å². The first-order valence-corrected chi connectivity index (χ1v) is 7.26. The van der Waals surface area contributed by atoms with Gasteiger partial charge in [0.25, 0.3) is 5.91 Å². The molecule has 5 nitrogen and oxygen atoms in total. The Morgan fingerprint density at radius 1 is 1.29 bits per heavy atom. The first-order chi connectivity index (χ1) is 11.2. The molecule has 1 N–H and O–H groups in total. The fourth-order valence-electron chi connectivity index (χ4n) is 2.33. The molecule has 0 fully saturated rings. The molecule has 0 radical (unpaired) electrons. The molecule has 1 heterocycles. The van der Waals surface area contributed by atoms with Crippen molar-refractivity contribution in [2.45, 2.75) is 26.3 Å². The molecule has 0 aliphatic heterocycles. The van der Waals surface area contributed by atoms with Gasteiger partial charge in [0.2, 0.25) is 5.76 Å². The predicted molar refractivity (Wildman–Crippen MR) is 82.0 cm³/mol. The minimum absolute atomic E-state index is 0.0216. The van der Waals surface area contributed by atoms with Crippen LogP contribution in [0.5, 0.6) is 0 Å². The molecule has 0 bridgehead atoms. The molecule has 0 aliphatic carbocycles.